The van der Waals surface area contributed by atoms with Gasteiger partial charge >= 0.3 is 0 Å². The third kappa shape index (κ3) is 7.28. The number of ether oxygens (including phenoxy) is 1. The molecule has 0 aliphatic rings. The summed E-state index contributed by atoms with van der Waals surface area (Å²) in [4.78, 5) is 32.1. The van der Waals surface area contributed by atoms with Crippen LogP contribution in [0.4, 0.5) is 21.6 Å². The molecule has 0 saturated heterocycles. The zero-order chi connectivity index (χ0) is 26.2. The van der Waals surface area contributed by atoms with E-state index in [2.05, 4.69) is 25.9 Å². The Morgan fingerprint density at radius 3 is 2.59 bits per heavy atom. The molecule has 11 heteroatoms. The Bertz CT molecular complexity index is 1440. The summed E-state index contributed by atoms with van der Waals surface area (Å²) in [5.74, 6) is -0.114. The number of anilines is 3. The molecule has 2 amide bonds. The van der Waals surface area contributed by atoms with Gasteiger partial charge in [0.2, 0.25) is 11.8 Å². The minimum Gasteiger partial charge on any atom is -0.487 e. The SMILES string of the molecule is O=C(CCl)NCCC(=O)Nc1ccc2ncnc(Nc3ccc(OCc4cccc(F)c4)c(Cl)c3)c2c1. The molecule has 0 saturated carbocycles. The number of aromatic nitrogens is 2. The van der Waals surface area contributed by atoms with Gasteiger partial charge in [-0.15, -0.1) is 11.6 Å². The van der Waals surface area contributed by atoms with Gasteiger partial charge in [-0.1, -0.05) is 23.7 Å². The summed E-state index contributed by atoms with van der Waals surface area (Å²) in [5, 5.41) is 9.61. The third-order valence-electron chi connectivity index (χ3n) is 5.19. The highest BCUT2D eigenvalue weighted by Gasteiger charge is 2.10. The Hall–Kier alpha value is -3.95. The van der Waals surface area contributed by atoms with Gasteiger partial charge in [0.1, 0.15) is 36.2 Å². The highest BCUT2D eigenvalue weighted by atomic mass is 35.5. The Morgan fingerprint density at radius 2 is 1.81 bits per heavy atom. The van der Waals surface area contributed by atoms with Crippen molar-refractivity contribution in [3.8, 4) is 5.75 Å². The maximum atomic E-state index is 13.4. The molecule has 0 atom stereocenters. The molecule has 37 heavy (non-hydrogen) atoms. The van der Waals surface area contributed by atoms with Crippen LogP contribution < -0.4 is 20.7 Å². The average Bonchev–Trinajstić information content (AvgIpc) is 2.88. The van der Waals surface area contributed by atoms with E-state index in [0.29, 0.717) is 44.4 Å². The maximum Gasteiger partial charge on any atom is 0.234 e. The van der Waals surface area contributed by atoms with E-state index in [4.69, 9.17) is 27.9 Å². The number of carbonyl (C=O) groups is 2. The van der Waals surface area contributed by atoms with E-state index in [1.807, 2.05) is 0 Å². The van der Waals surface area contributed by atoms with Gasteiger partial charge in [0.25, 0.3) is 0 Å². The summed E-state index contributed by atoms with van der Waals surface area (Å²) >= 11 is 11.8. The van der Waals surface area contributed by atoms with Crippen LogP contribution >= 0.6 is 23.2 Å². The number of amides is 2. The van der Waals surface area contributed by atoms with Crippen molar-refractivity contribution in [3.05, 3.63) is 83.4 Å². The lowest BCUT2D eigenvalue weighted by Crippen LogP contribution is -2.28. The first kappa shape index (κ1) is 26.1. The van der Waals surface area contributed by atoms with Crippen LogP contribution in [0.1, 0.15) is 12.0 Å². The van der Waals surface area contributed by atoms with Crippen LogP contribution in [0, 0.1) is 5.82 Å². The Labute approximate surface area is 222 Å². The van der Waals surface area contributed by atoms with E-state index >= 15 is 0 Å². The van der Waals surface area contributed by atoms with Crippen LogP contribution in [0.5, 0.6) is 5.75 Å². The van der Waals surface area contributed by atoms with Gasteiger partial charge in [0, 0.05) is 29.7 Å². The maximum absolute atomic E-state index is 13.4. The number of rotatable bonds is 10. The summed E-state index contributed by atoms with van der Waals surface area (Å²) < 4.78 is 19.1. The number of carbonyl (C=O) groups excluding carboxylic acids is 2. The lowest BCUT2D eigenvalue weighted by atomic mass is 10.2. The Balaban J connectivity index is 1.44. The van der Waals surface area contributed by atoms with Crippen LogP contribution in [0.25, 0.3) is 10.9 Å². The minimum atomic E-state index is -0.334. The third-order valence-corrected chi connectivity index (χ3v) is 5.73. The molecule has 0 aliphatic heterocycles. The molecule has 0 aliphatic carbocycles. The van der Waals surface area contributed by atoms with Gasteiger partial charge in [-0.05, 0) is 54.1 Å². The van der Waals surface area contributed by atoms with Crippen molar-refractivity contribution in [1.82, 2.24) is 15.3 Å². The first-order chi connectivity index (χ1) is 17.9. The molecule has 8 nitrogen and oxygen atoms in total. The minimum absolute atomic E-state index is 0.100. The number of hydrogen-bond donors (Lipinski definition) is 3. The second kappa shape index (κ2) is 12.3. The average molecular weight is 542 g/mol. The van der Waals surface area contributed by atoms with E-state index in [1.54, 1.807) is 48.5 Å². The van der Waals surface area contributed by atoms with Crippen molar-refractivity contribution in [2.45, 2.75) is 13.0 Å². The molecule has 0 bridgehead atoms. The number of fused-ring (bicyclic) bond motifs is 1. The first-order valence-corrected chi connectivity index (χ1v) is 12.1. The Kier molecular flexibility index (Phi) is 8.71. The van der Waals surface area contributed by atoms with Crippen molar-refractivity contribution in [3.63, 3.8) is 0 Å². The number of benzene rings is 3. The highest BCUT2D eigenvalue weighted by molar-refractivity contribution is 6.32. The fraction of sp³-hybridized carbons (Fsp3) is 0.154. The monoisotopic (exact) mass is 541 g/mol. The van der Waals surface area contributed by atoms with E-state index in [-0.39, 0.29) is 43.1 Å². The highest BCUT2D eigenvalue weighted by Crippen LogP contribution is 2.31. The molecule has 0 spiro atoms. The molecule has 3 aromatic carbocycles. The predicted octanol–water partition coefficient (Wildman–Crippen LogP) is 5.43. The van der Waals surface area contributed by atoms with Gasteiger partial charge < -0.3 is 20.7 Å². The lowest BCUT2D eigenvalue weighted by Gasteiger charge is -2.13. The van der Waals surface area contributed by atoms with Crippen molar-refractivity contribution >= 4 is 63.1 Å². The van der Waals surface area contributed by atoms with E-state index in [1.165, 1.54) is 18.5 Å². The smallest absolute Gasteiger partial charge is 0.234 e. The standard InChI is InChI=1S/C26H22Cl2FN5O3/c27-13-25(36)30-9-8-24(35)33-18-4-6-22-20(11-18)26(32-15-31-22)34-19-5-7-23(21(28)12-19)37-14-16-2-1-3-17(29)10-16/h1-7,10-12,15H,8-9,13-14H2,(H,30,36)(H,33,35)(H,31,32,34). The number of hydrogen-bond acceptors (Lipinski definition) is 6. The number of alkyl halides is 1. The van der Waals surface area contributed by atoms with Crippen molar-refractivity contribution < 1.29 is 18.7 Å². The second-order valence-corrected chi connectivity index (χ2v) is 8.60. The van der Waals surface area contributed by atoms with Crippen LogP contribution in [-0.2, 0) is 16.2 Å². The van der Waals surface area contributed by atoms with Crippen LogP contribution in [-0.4, -0.2) is 34.2 Å². The van der Waals surface area contributed by atoms with E-state index in [0.717, 1.165) is 0 Å². The Morgan fingerprint density at radius 1 is 0.973 bits per heavy atom. The number of nitrogens with zero attached hydrogens (tertiary/aromatic N) is 2. The number of halogens is 3. The molecule has 0 radical (unpaired) electrons. The molecule has 190 valence electrons. The molecule has 3 N–H and O–H groups in total. The van der Waals surface area contributed by atoms with Gasteiger partial charge in [0.05, 0.1) is 10.5 Å². The topological polar surface area (TPSA) is 105 Å². The molecular weight excluding hydrogens is 520 g/mol. The summed E-state index contributed by atoms with van der Waals surface area (Å²) in [6, 6.07) is 16.6. The van der Waals surface area contributed by atoms with Crippen molar-refractivity contribution in [2.24, 2.45) is 0 Å². The summed E-state index contributed by atoms with van der Waals surface area (Å²) in [5.41, 5.74) is 2.57. The van der Waals surface area contributed by atoms with Gasteiger partial charge in [0.15, 0.2) is 0 Å². The fourth-order valence-corrected chi connectivity index (χ4v) is 3.77. The lowest BCUT2D eigenvalue weighted by molar-refractivity contribution is -0.119. The summed E-state index contributed by atoms with van der Waals surface area (Å²) in [6.45, 7) is 0.359. The first-order valence-electron chi connectivity index (χ1n) is 11.2. The molecule has 0 unspecified atom stereocenters. The molecule has 1 heterocycles. The molecular formula is C26H22Cl2FN5O3. The van der Waals surface area contributed by atoms with Crippen LogP contribution in [0.3, 0.4) is 0 Å². The second-order valence-electron chi connectivity index (χ2n) is 7.92. The van der Waals surface area contributed by atoms with Gasteiger partial charge in [-0.3, -0.25) is 9.59 Å². The molecule has 4 aromatic rings. The van der Waals surface area contributed by atoms with Crippen LogP contribution in [0.15, 0.2) is 67.0 Å². The quantitative estimate of drug-likeness (QED) is 0.231. The van der Waals surface area contributed by atoms with Gasteiger partial charge in [-0.2, -0.15) is 0 Å². The molecule has 1 aromatic heterocycles. The fourth-order valence-electron chi connectivity index (χ4n) is 3.44. The van der Waals surface area contributed by atoms with E-state index in [9.17, 15) is 14.0 Å². The molecule has 4 rings (SSSR count). The predicted molar refractivity (Wildman–Crippen MR) is 142 cm³/mol. The summed E-state index contributed by atoms with van der Waals surface area (Å²) in [6.07, 6.45) is 1.53. The van der Waals surface area contributed by atoms with E-state index < -0.39 is 0 Å². The normalized spacial score (nSPS) is 10.7. The zero-order valence-corrected chi connectivity index (χ0v) is 20.9. The van der Waals surface area contributed by atoms with Gasteiger partial charge in [-0.25, -0.2) is 14.4 Å². The van der Waals surface area contributed by atoms with Crippen molar-refractivity contribution in [1.29, 1.82) is 0 Å². The molecule has 0 fully saturated rings. The number of nitrogens with one attached hydrogen (secondary N) is 3. The largest absolute Gasteiger partial charge is 0.487 e. The van der Waals surface area contributed by atoms with Crippen molar-refractivity contribution in [2.75, 3.05) is 23.1 Å². The van der Waals surface area contributed by atoms with Crippen LogP contribution in [0.2, 0.25) is 5.02 Å². The summed E-state index contributed by atoms with van der Waals surface area (Å²) in [7, 11) is 0. The zero-order valence-electron chi connectivity index (χ0n) is 19.4.